The van der Waals surface area contributed by atoms with Gasteiger partial charge in [-0.15, -0.1) is 0 Å². The topological polar surface area (TPSA) is 0 Å². The van der Waals surface area contributed by atoms with E-state index in [1.807, 2.05) is 36.4 Å². The summed E-state index contributed by atoms with van der Waals surface area (Å²) in [6, 6.07) is 9.98. The maximum absolute atomic E-state index is 5.97. The van der Waals surface area contributed by atoms with Crippen LogP contribution < -0.4 is 0 Å². The molecule has 58 valence electrons. The molecule has 0 unspecified atom stereocenters. The number of rotatable bonds is 2. The van der Waals surface area contributed by atoms with Gasteiger partial charge in [0.1, 0.15) is 0 Å². The van der Waals surface area contributed by atoms with E-state index in [1.54, 1.807) is 0 Å². The summed E-state index contributed by atoms with van der Waals surface area (Å²) in [5.74, 6) is 0. The highest BCUT2D eigenvalue weighted by Gasteiger charge is 1.92. The zero-order chi connectivity index (χ0) is 8.10. The summed E-state index contributed by atoms with van der Waals surface area (Å²) < 4.78 is 0. The first-order chi connectivity index (χ1) is 5.34. The van der Waals surface area contributed by atoms with E-state index in [9.17, 15) is 0 Å². The summed E-state index contributed by atoms with van der Waals surface area (Å²) in [5, 5.41) is 0.841. The molecule has 0 heterocycles. The lowest BCUT2D eigenvalue weighted by Crippen LogP contribution is -1.73. The number of allylic oxidation sites excluding steroid dienone is 1. The van der Waals surface area contributed by atoms with Crippen molar-refractivity contribution in [3.8, 4) is 0 Å². The number of hydrogen-bond donors (Lipinski definition) is 0. The van der Waals surface area contributed by atoms with Gasteiger partial charge < -0.3 is 0 Å². The van der Waals surface area contributed by atoms with Gasteiger partial charge in [0, 0.05) is 5.03 Å². The average molecular weight is 167 g/mol. The van der Waals surface area contributed by atoms with Crippen LogP contribution in [0, 0.1) is 0 Å². The fourth-order valence-corrected chi connectivity index (χ4v) is 1.17. The molecule has 11 heavy (non-hydrogen) atoms. The minimum atomic E-state index is 0.841. The van der Waals surface area contributed by atoms with Crippen molar-refractivity contribution in [2.75, 3.05) is 0 Å². The van der Waals surface area contributed by atoms with E-state index < -0.39 is 0 Å². The molecular weight excluding hydrogens is 156 g/mol. The minimum Gasteiger partial charge on any atom is -0.0840 e. The van der Waals surface area contributed by atoms with Crippen LogP contribution in [0.4, 0.5) is 0 Å². The van der Waals surface area contributed by atoms with Crippen molar-refractivity contribution in [2.24, 2.45) is 0 Å². The monoisotopic (exact) mass is 166 g/mol. The second-order valence-electron chi connectivity index (χ2n) is 2.33. The summed E-state index contributed by atoms with van der Waals surface area (Å²) in [6.07, 6.45) is 2.99. The van der Waals surface area contributed by atoms with Crippen LogP contribution in [0.25, 0.3) is 5.03 Å². The fraction of sp³-hybridized carbons (Fsp3) is 0.200. The molecule has 0 bridgehead atoms. The van der Waals surface area contributed by atoms with Crippen molar-refractivity contribution in [3.63, 3.8) is 0 Å². The largest absolute Gasteiger partial charge is 0.0840 e. The third-order valence-electron chi connectivity index (χ3n) is 1.43. The third kappa shape index (κ3) is 2.39. The highest BCUT2D eigenvalue weighted by molar-refractivity contribution is 6.48. The Labute approximate surface area is 72.5 Å². The maximum atomic E-state index is 5.97. The SMILES string of the molecule is CCC=C(Cl)c1ccccc1. The minimum absolute atomic E-state index is 0.841. The Morgan fingerprint density at radius 1 is 1.36 bits per heavy atom. The van der Waals surface area contributed by atoms with Crippen molar-refractivity contribution >= 4 is 16.6 Å². The number of benzene rings is 1. The van der Waals surface area contributed by atoms with Crippen LogP contribution in [0.15, 0.2) is 36.4 Å². The first-order valence-corrected chi connectivity index (χ1v) is 4.13. The first-order valence-electron chi connectivity index (χ1n) is 3.75. The second-order valence-corrected chi connectivity index (χ2v) is 2.73. The van der Waals surface area contributed by atoms with Gasteiger partial charge in [-0.25, -0.2) is 0 Å². The van der Waals surface area contributed by atoms with Gasteiger partial charge >= 0.3 is 0 Å². The summed E-state index contributed by atoms with van der Waals surface area (Å²) in [5.41, 5.74) is 1.09. The van der Waals surface area contributed by atoms with Crippen LogP contribution in [0.5, 0.6) is 0 Å². The van der Waals surface area contributed by atoms with Crippen LogP contribution in [0.3, 0.4) is 0 Å². The normalized spacial score (nSPS) is 11.6. The molecule has 0 N–H and O–H groups in total. The van der Waals surface area contributed by atoms with E-state index in [0.717, 1.165) is 17.0 Å². The maximum Gasteiger partial charge on any atom is 0.0438 e. The Bertz CT molecular complexity index is 236. The standard InChI is InChI=1S/C10H11Cl/c1-2-6-10(11)9-7-4-3-5-8-9/h3-8H,2H2,1H3. The summed E-state index contributed by atoms with van der Waals surface area (Å²) >= 11 is 5.97. The zero-order valence-corrected chi connectivity index (χ0v) is 7.31. The number of halogens is 1. The van der Waals surface area contributed by atoms with Gasteiger partial charge in [0.05, 0.1) is 0 Å². The molecule has 0 fully saturated rings. The molecule has 0 saturated carbocycles. The molecular formula is C10H11Cl. The zero-order valence-electron chi connectivity index (χ0n) is 6.55. The molecule has 0 spiro atoms. The van der Waals surface area contributed by atoms with Crippen molar-refractivity contribution in [2.45, 2.75) is 13.3 Å². The van der Waals surface area contributed by atoms with Gasteiger partial charge in [-0.1, -0.05) is 54.9 Å². The Hall–Kier alpha value is -0.750. The Morgan fingerprint density at radius 3 is 2.55 bits per heavy atom. The van der Waals surface area contributed by atoms with Crippen LogP contribution in [-0.2, 0) is 0 Å². The Balaban J connectivity index is 2.85. The van der Waals surface area contributed by atoms with Crippen molar-refractivity contribution in [1.82, 2.24) is 0 Å². The van der Waals surface area contributed by atoms with E-state index in [4.69, 9.17) is 11.6 Å². The summed E-state index contributed by atoms with van der Waals surface area (Å²) in [4.78, 5) is 0. The highest BCUT2D eigenvalue weighted by atomic mass is 35.5. The smallest absolute Gasteiger partial charge is 0.0438 e. The van der Waals surface area contributed by atoms with Crippen LogP contribution >= 0.6 is 11.6 Å². The fourth-order valence-electron chi connectivity index (χ4n) is 0.894. The molecule has 0 aromatic heterocycles. The predicted molar refractivity (Wildman–Crippen MR) is 50.6 cm³/mol. The third-order valence-corrected chi connectivity index (χ3v) is 1.81. The molecule has 0 aliphatic rings. The summed E-state index contributed by atoms with van der Waals surface area (Å²) in [7, 11) is 0. The van der Waals surface area contributed by atoms with Gasteiger partial charge in [0.2, 0.25) is 0 Å². The van der Waals surface area contributed by atoms with E-state index >= 15 is 0 Å². The van der Waals surface area contributed by atoms with Gasteiger partial charge in [-0.2, -0.15) is 0 Å². The molecule has 0 amide bonds. The molecule has 0 atom stereocenters. The average Bonchev–Trinajstić information content (AvgIpc) is 2.07. The molecule has 0 aliphatic carbocycles. The van der Waals surface area contributed by atoms with Crippen LogP contribution in [0.1, 0.15) is 18.9 Å². The lowest BCUT2D eigenvalue weighted by molar-refractivity contribution is 1.23. The van der Waals surface area contributed by atoms with Crippen molar-refractivity contribution in [1.29, 1.82) is 0 Å². The summed E-state index contributed by atoms with van der Waals surface area (Å²) in [6.45, 7) is 2.07. The first kappa shape index (κ1) is 8.35. The molecule has 1 heteroatoms. The van der Waals surface area contributed by atoms with E-state index in [0.29, 0.717) is 0 Å². The van der Waals surface area contributed by atoms with Gasteiger partial charge in [-0.05, 0) is 12.0 Å². The Morgan fingerprint density at radius 2 is 2.00 bits per heavy atom. The van der Waals surface area contributed by atoms with Crippen molar-refractivity contribution in [3.05, 3.63) is 42.0 Å². The molecule has 0 nitrogen and oxygen atoms in total. The van der Waals surface area contributed by atoms with E-state index in [2.05, 4.69) is 6.92 Å². The molecule has 0 radical (unpaired) electrons. The molecule has 1 rings (SSSR count). The predicted octanol–water partition coefficient (Wildman–Crippen LogP) is 3.68. The van der Waals surface area contributed by atoms with Crippen LogP contribution in [0.2, 0.25) is 0 Å². The second kappa shape index (κ2) is 4.20. The van der Waals surface area contributed by atoms with Crippen molar-refractivity contribution < 1.29 is 0 Å². The highest BCUT2D eigenvalue weighted by Crippen LogP contribution is 2.18. The molecule has 1 aromatic carbocycles. The molecule has 0 aliphatic heterocycles. The van der Waals surface area contributed by atoms with Gasteiger partial charge in [0.15, 0.2) is 0 Å². The lowest BCUT2D eigenvalue weighted by Gasteiger charge is -1.96. The Kier molecular flexibility index (Phi) is 3.18. The quantitative estimate of drug-likeness (QED) is 0.629. The van der Waals surface area contributed by atoms with E-state index in [1.165, 1.54) is 0 Å². The number of hydrogen-bond acceptors (Lipinski definition) is 0. The van der Waals surface area contributed by atoms with Gasteiger partial charge in [0.25, 0.3) is 0 Å². The molecule has 0 saturated heterocycles. The molecule has 1 aromatic rings. The van der Waals surface area contributed by atoms with E-state index in [-0.39, 0.29) is 0 Å². The van der Waals surface area contributed by atoms with Gasteiger partial charge in [-0.3, -0.25) is 0 Å². The van der Waals surface area contributed by atoms with Crippen LogP contribution in [-0.4, -0.2) is 0 Å². The lowest BCUT2D eigenvalue weighted by atomic mass is 10.2.